The van der Waals surface area contributed by atoms with Crippen LogP contribution in [0.4, 0.5) is 8.78 Å². The van der Waals surface area contributed by atoms with Crippen molar-refractivity contribution in [1.29, 1.82) is 0 Å². The highest BCUT2D eigenvalue weighted by Gasteiger charge is 2.51. The third-order valence-corrected chi connectivity index (χ3v) is 6.12. The molecule has 1 unspecified atom stereocenters. The summed E-state index contributed by atoms with van der Waals surface area (Å²) in [4.78, 5) is 0. The van der Waals surface area contributed by atoms with Gasteiger partial charge in [-0.3, -0.25) is 0 Å². The van der Waals surface area contributed by atoms with Crippen LogP contribution in [-0.4, -0.2) is 5.11 Å². The van der Waals surface area contributed by atoms with Crippen LogP contribution in [0.3, 0.4) is 0 Å². The number of benzene rings is 1. The fraction of sp³-hybridized carbons (Fsp3) is 0.667. The van der Waals surface area contributed by atoms with Gasteiger partial charge in [0.1, 0.15) is 11.6 Å². The summed E-state index contributed by atoms with van der Waals surface area (Å²) in [5.74, 6) is 1.12. The summed E-state index contributed by atoms with van der Waals surface area (Å²) in [6.07, 6.45) is 6.96. The van der Waals surface area contributed by atoms with Crippen LogP contribution in [0.5, 0.6) is 0 Å². The molecule has 4 saturated carbocycles. The van der Waals surface area contributed by atoms with Gasteiger partial charge in [0, 0.05) is 0 Å². The first-order valence-corrected chi connectivity index (χ1v) is 8.17. The Morgan fingerprint density at radius 2 is 1.48 bits per heavy atom. The van der Waals surface area contributed by atoms with E-state index in [1.54, 1.807) is 0 Å². The van der Waals surface area contributed by atoms with E-state index in [2.05, 4.69) is 0 Å². The fourth-order valence-corrected chi connectivity index (χ4v) is 5.88. The molecular weight excluding hydrogens is 270 g/mol. The van der Waals surface area contributed by atoms with Gasteiger partial charge in [0.15, 0.2) is 0 Å². The first-order chi connectivity index (χ1) is 10.0. The van der Waals surface area contributed by atoms with E-state index in [4.69, 9.17) is 0 Å². The van der Waals surface area contributed by atoms with Crippen LogP contribution in [0.2, 0.25) is 0 Å². The molecule has 4 aliphatic rings. The normalized spacial score (nSPS) is 38.7. The van der Waals surface area contributed by atoms with Gasteiger partial charge in [0.2, 0.25) is 0 Å². The van der Waals surface area contributed by atoms with Crippen molar-refractivity contribution in [1.82, 2.24) is 0 Å². The predicted molar refractivity (Wildman–Crippen MR) is 76.5 cm³/mol. The molecule has 1 aromatic rings. The van der Waals surface area contributed by atoms with Crippen LogP contribution in [0.1, 0.15) is 56.6 Å². The zero-order valence-electron chi connectivity index (χ0n) is 12.2. The van der Waals surface area contributed by atoms with Gasteiger partial charge in [-0.25, -0.2) is 8.78 Å². The highest BCUT2D eigenvalue weighted by Crippen LogP contribution is 2.62. The Kier molecular flexibility index (Phi) is 3.11. The quantitative estimate of drug-likeness (QED) is 0.863. The van der Waals surface area contributed by atoms with E-state index in [1.807, 2.05) is 0 Å². The molecule has 3 heteroatoms. The standard InChI is InChI=1S/C18H22F2O/c19-14-2-1-3-15(20)17(14)16(21)10-18-7-11-4-12(8-18)6-13(5-11)9-18/h1-3,11-13,16,21H,4-10H2. The lowest BCUT2D eigenvalue weighted by Gasteiger charge is -2.57. The number of halogens is 2. The molecule has 0 aliphatic heterocycles. The minimum atomic E-state index is -1.01. The molecule has 1 aromatic carbocycles. The van der Waals surface area contributed by atoms with Crippen LogP contribution < -0.4 is 0 Å². The van der Waals surface area contributed by atoms with Crippen molar-refractivity contribution < 1.29 is 13.9 Å². The molecule has 0 heterocycles. The highest BCUT2D eigenvalue weighted by atomic mass is 19.1. The average Bonchev–Trinajstić information content (AvgIpc) is 2.35. The van der Waals surface area contributed by atoms with Gasteiger partial charge in [-0.1, -0.05) is 6.07 Å². The van der Waals surface area contributed by atoms with Gasteiger partial charge >= 0.3 is 0 Å². The number of hydrogen-bond donors (Lipinski definition) is 1. The Bertz CT molecular complexity index is 499. The molecule has 1 N–H and O–H groups in total. The zero-order valence-corrected chi connectivity index (χ0v) is 12.2. The largest absolute Gasteiger partial charge is 0.388 e. The van der Waals surface area contributed by atoms with E-state index >= 15 is 0 Å². The second-order valence-corrected chi connectivity index (χ2v) is 7.77. The molecular formula is C18H22F2O. The summed E-state index contributed by atoms with van der Waals surface area (Å²) in [7, 11) is 0. The molecule has 0 saturated heterocycles. The van der Waals surface area contributed by atoms with Crippen molar-refractivity contribution in [3.8, 4) is 0 Å². The van der Waals surface area contributed by atoms with Crippen molar-refractivity contribution in [3.63, 3.8) is 0 Å². The molecule has 114 valence electrons. The summed E-state index contributed by atoms with van der Waals surface area (Å²) in [6, 6.07) is 3.83. The smallest absolute Gasteiger partial charge is 0.131 e. The number of aliphatic hydroxyl groups excluding tert-OH is 1. The zero-order chi connectivity index (χ0) is 14.6. The van der Waals surface area contributed by atoms with Crippen molar-refractivity contribution in [2.75, 3.05) is 0 Å². The summed E-state index contributed by atoms with van der Waals surface area (Å²) < 4.78 is 27.7. The third kappa shape index (κ3) is 2.30. The maximum absolute atomic E-state index is 13.9. The van der Waals surface area contributed by atoms with Gasteiger partial charge in [-0.05, 0) is 80.2 Å². The van der Waals surface area contributed by atoms with Crippen LogP contribution in [0, 0.1) is 34.8 Å². The minimum Gasteiger partial charge on any atom is -0.388 e. The van der Waals surface area contributed by atoms with Crippen LogP contribution in [0.25, 0.3) is 0 Å². The van der Waals surface area contributed by atoms with Crippen molar-refractivity contribution in [2.24, 2.45) is 23.2 Å². The lowest BCUT2D eigenvalue weighted by Crippen LogP contribution is -2.46. The maximum atomic E-state index is 13.9. The average molecular weight is 292 g/mol. The van der Waals surface area contributed by atoms with Crippen LogP contribution in [0.15, 0.2) is 18.2 Å². The Labute approximate surface area is 124 Å². The fourth-order valence-electron chi connectivity index (χ4n) is 5.88. The summed E-state index contributed by atoms with van der Waals surface area (Å²) in [5.41, 5.74) is -0.00339. The van der Waals surface area contributed by atoms with Gasteiger partial charge in [0.25, 0.3) is 0 Å². The second kappa shape index (κ2) is 4.77. The molecule has 1 atom stereocenters. The van der Waals surface area contributed by atoms with E-state index < -0.39 is 17.7 Å². The summed E-state index contributed by atoms with van der Waals surface area (Å²) in [6.45, 7) is 0. The lowest BCUT2D eigenvalue weighted by molar-refractivity contribution is -0.0771. The first-order valence-electron chi connectivity index (χ1n) is 8.17. The van der Waals surface area contributed by atoms with Crippen molar-refractivity contribution in [2.45, 2.75) is 51.0 Å². The van der Waals surface area contributed by atoms with E-state index in [1.165, 1.54) is 37.5 Å². The lowest BCUT2D eigenvalue weighted by atomic mass is 9.48. The van der Waals surface area contributed by atoms with Crippen molar-refractivity contribution >= 4 is 0 Å². The second-order valence-electron chi connectivity index (χ2n) is 7.77. The molecule has 21 heavy (non-hydrogen) atoms. The Balaban J connectivity index is 1.58. The monoisotopic (exact) mass is 292 g/mol. The number of aliphatic hydroxyl groups is 1. The Morgan fingerprint density at radius 1 is 1.00 bits per heavy atom. The van der Waals surface area contributed by atoms with Gasteiger partial charge in [-0.15, -0.1) is 0 Å². The predicted octanol–water partition coefficient (Wildman–Crippen LogP) is 4.60. The van der Waals surface area contributed by atoms with Crippen LogP contribution in [-0.2, 0) is 0 Å². The summed E-state index contributed by atoms with van der Waals surface area (Å²) >= 11 is 0. The SMILES string of the molecule is OC(CC12CC3CC(CC(C3)C1)C2)c1c(F)cccc1F. The minimum absolute atomic E-state index is 0.128. The van der Waals surface area contributed by atoms with E-state index in [-0.39, 0.29) is 11.0 Å². The molecule has 4 aliphatic carbocycles. The molecule has 4 bridgehead atoms. The Hall–Kier alpha value is -0.960. The van der Waals surface area contributed by atoms with Gasteiger partial charge in [-0.2, -0.15) is 0 Å². The molecule has 0 aromatic heterocycles. The topological polar surface area (TPSA) is 20.2 Å². The molecule has 5 rings (SSSR count). The Morgan fingerprint density at radius 3 is 1.95 bits per heavy atom. The first kappa shape index (κ1) is 13.7. The van der Waals surface area contributed by atoms with Crippen molar-refractivity contribution in [3.05, 3.63) is 35.4 Å². The number of rotatable bonds is 3. The molecule has 0 radical (unpaired) electrons. The highest BCUT2D eigenvalue weighted by molar-refractivity contribution is 5.22. The van der Waals surface area contributed by atoms with E-state index in [0.717, 1.165) is 37.0 Å². The molecule has 0 amide bonds. The van der Waals surface area contributed by atoms with Crippen LogP contribution >= 0.6 is 0 Å². The molecule has 0 spiro atoms. The van der Waals surface area contributed by atoms with Gasteiger partial charge in [0.05, 0.1) is 11.7 Å². The summed E-state index contributed by atoms with van der Waals surface area (Å²) in [5, 5.41) is 10.5. The van der Waals surface area contributed by atoms with E-state index in [0.29, 0.717) is 6.42 Å². The number of hydrogen-bond acceptors (Lipinski definition) is 1. The van der Waals surface area contributed by atoms with Gasteiger partial charge < -0.3 is 5.11 Å². The maximum Gasteiger partial charge on any atom is 0.131 e. The van der Waals surface area contributed by atoms with E-state index in [9.17, 15) is 13.9 Å². The molecule has 1 nitrogen and oxygen atoms in total. The molecule has 4 fully saturated rings. The third-order valence-electron chi connectivity index (χ3n) is 6.12.